The van der Waals surface area contributed by atoms with E-state index < -0.39 is 32.4 Å². The molecule has 0 saturated carbocycles. The predicted molar refractivity (Wildman–Crippen MR) is 104 cm³/mol. The summed E-state index contributed by atoms with van der Waals surface area (Å²) in [7, 11) is -3.20. The minimum Gasteiger partial charge on any atom is -0.444 e. The van der Waals surface area contributed by atoms with Gasteiger partial charge < -0.3 is 15.8 Å². The van der Waals surface area contributed by atoms with Crippen LogP contribution in [-0.4, -0.2) is 72.8 Å². The maximum absolute atomic E-state index is 12.1. The molecule has 25 heavy (non-hydrogen) atoms. The molecule has 1 rings (SSSR count). The number of thioether (sulfide) groups is 1. The van der Waals surface area contributed by atoms with E-state index >= 15 is 0 Å². The fourth-order valence-electron chi connectivity index (χ4n) is 2.94. The standard InChI is InChI=1S/C16H33N3O4S2/c1-15(2,3)23-14(20)18-16(4,5)9-12(10-17)19-7-8-24-11-13(19)25(6,21)22/h12-13H,7-11,17H2,1-6H3,(H,18,20). The first kappa shape index (κ1) is 22.5. The largest absolute Gasteiger partial charge is 0.444 e. The number of nitrogens with two attached hydrogens (primary N) is 1. The lowest BCUT2D eigenvalue weighted by Gasteiger charge is -2.42. The van der Waals surface area contributed by atoms with Gasteiger partial charge in [-0.15, -0.1) is 0 Å². The minimum absolute atomic E-state index is 0.134. The van der Waals surface area contributed by atoms with E-state index in [1.165, 1.54) is 6.26 Å². The number of nitrogens with one attached hydrogen (secondary N) is 1. The Kier molecular flexibility index (Phi) is 7.62. The highest BCUT2D eigenvalue weighted by atomic mass is 32.2. The summed E-state index contributed by atoms with van der Waals surface area (Å²) in [4.78, 5) is 14.0. The number of alkyl carbamates (subject to hydrolysis) is 1. The van der Waals surface area contributed by atoms with Gasteiger partial charge in [-0.3, -0.25) is 4.90 Å². The van der Waals surface area contributed by atoms with Crippen molar-refractivity contribution in [1.82, 2.24) is 10.2 Å². The smallest absolute Gasteiger partial charge is 0.408 e. The number of sulfone groups is 1. The highest BCUT2D eigenvalue weighted by Crippen LogP contribution is 2.26. The lowest BCUT2D eigenvalue weighted by atomic mass is 9.94. The van der Waals surface area contributed by atoms with Crippen molar-refractivity contribution in [2.75, 3.05) is 30.9 Å². The fourth-order valence-corrected chi connectivity index (χ4v) is 5.88. The molecule has 1 aliphatic heterocycles. The first-order valence-corrected chi connectivity index (χ1v) is 11.6. The molecule has 9 heteroatoms. The van der Waals surface area contributed by atoms with Crippen molar-refractivity contribution in [3.05, 3.63) is 0 Å². The zero-order chi connectivity index (χ0) is 19.5. The predicted octanol–water partition coefficient (Wildman–Crippen LogP) is 1.43. The van der Waals surface area contributed by atoms with Crippen molar-refractivity contribution in [2.24, 2.45) is 5.73 Å². The van der Waals surface area contributed by atoms with Crippen molar-refractivity contribution >= 4 is 27.7 Å². The summed E-state index contributed by atoms with van der Waals surface area (Å²) >= 11 is 1.65. The van der Waals surface area contributed by atoms with Gasteiger partial charge in [0.1, 0.15) is 11.0 Å². The fraction of sp³-hybridized carbons (Fsp3) is 0.938. The van der Waals surface area contributed by atoms with Gasteiger partial charge in [0.15, 0.2) is 9.84 Å². The van der Waals surface area contributed by atoms with Crippen molar-refractivity contribution in [2.45, 2.75) is 63.6 Å². The average molecular weight is 396 g/mol. The number of amides is 1. The van der Waals surface area contributed by atoms with E-state index in [0.29, 0.717) is 25.3 Å². The summed E-state index contributed by atoms with van der Waals surface area (Å²) in [6.07, 6.45) is 1.33. The average Bonchev–Trinajstić information content (AvgIpc) is 2.41. The first-order chi connectivity index (χ1) is 11.2. The van der Waals surface area contributed by atoms with Gasteiger partial charge in [-0.2, -0.15) is 11.8 Å². The van der Waals surface area contributed by atoms with Gasteiger partial charge in [-0.25, -0.2) is 13.2 Å². The maximum Gasteiger partial charge on any atom is 0.408 e. The number of ether oxygens (including phenoxy) is 1. The highest BCUT2D eigenvalue weighted by molar-refractivity contribution is 8.00. The summed E-state index contributed by atoms with van der Waals surface area (Å²) in [6.45, 7) is 10.2. The van der Waals surface area contributed by atoms with Crippen LogP contribution in [-0.2, 0) is 14.6 Å². The van der Waals surface area contributed by atoms with Crippen LogP contribution in [0.2, 0.25) is 0 Å². The third-order valence-electron chi connectivity index (χ3n) is 3.94. The molecule has 1 heterocycles. The Bertz CT molecular complexity index is 558. The lowest BCUT2D eigenvalue weighted by molar-refractivity contribution is 0.0446. The van der Waals surface area contributed by atoms with Crippen molar-refractivity contribution < 1.29 is 17.9 Å². The summed E-state index contributed by atoms with van der Waals surface area (Å²) in [5.41, 5.74) is 4.82. The van der Waals surface area contributed by atoms with Crippen LogP contribution >= 0.6 is 11.8 Å². The monoisotopic (exact) mass is 395 g/mol. The normalized spacial score (nSPS) is 21.6. The van der Waals surface area contributed by atoms with E-state index in [4.69, 9.17) is 10.5 Å². The number of carbonyl (C=O) groups is 1. The van der Waals surface area contributed by atoms with Gasteiger partial charge >= 0.3 is 6.09 Å². The Hall–Kier alpha value is -0.510. The molecule has 1 saturated heterocycles. The maximum atomic E-state index is 12.1. The van der Waals surface area contributed by atoms with Gasteiger partial charge in [0.05, 0.1) is 0 Å². The van der Waals surface area contributed by atoms with Crippen LogP contribution in [0.25, 0.3) is 0 Å². The van der Waals surface area contributed by atoms with Crippen LogP contribution in [0, 0.1) is 0 Å². The van der Waals surface area contributed by atoms with Crippen molar-refractivity contribution in [1.29, 1.82) is 0 Å². The van der Waals surface area contributed by atoms with Crippen molar-refractivity contribution in [3.63, 3.8) is 0 Å². The molecule has 2 atom stereocenters. The summed E-state index contributed by atoms with van der Waals surface area (Å²) < 4.78 is 29.6. The molecule has 0 aromatic carbocycles. The highest BCUT2D eigenvalue weighted by Gasteiger charge is 2.37. The van der Waals surface area contributed by atoms with Crippen LogP contribution in [0.5, 0.6) is 0 Å². The molecule has 0 aromatic rings. The summed E-state index contributed by atoms with van der Waals surface area (Å²) in [5, 5.41) is 2.34. The second-order valence-electron chi connectivity index (χ2n) is 8.20. The molecular weight excluding hydrogens is 362 g/mol. The van der Waals surface area contributed by atoms with E-state index in [9.17, 15) is 13.2 Å². The third kappa shape index (κ3) is 7.72. The second kappa shape index (κ2) is 8.45. The van der Waals surface area contributed by atoms with Crippen LogP contribution in [0.15, 0.2) is 0 Å². The van der Waals surface area contributed by atoms with Gasteiger partial charge in [0.2, 0.25) is 0 Å². The molecule has 2 unspecified atom stereocenters. The molecule has 0 aliphatic carbocycles. The number of rotatable bonds is 6. The Labute approximate surface area is 156 Å². The number of nitrogens with zero attached hydrogens (tertiary/aromatic N) is 1. The minimum atomic E-state index is -3.20. The molecule has 0 spiro atoms. The van der Waals surface area contributed by atoms with Gasteiger partial charge in [0.25, 0.3) is 0 Å². The van der Waals surface area contributed by atoms with Gasteiger partial charge in [-0.1, -0.05) is 0 Å². The Morgan fingerprint density at radius 2 is 1.96 bits per heavy atom. The van der Waals surface area contributed by atoms with Crippen LogP contribution in [0.1, 0.15) is 41.0 Å². The van der Waals surface area contributed by atoms with E-state index in [2.05, 4.69) is 5.32 Å². The second-order valence-corrected chi connectivity index (χ2v) is 11.6. The van der Waals surface area contributed by atoms with Crippen LogP contribution < -0.4 is 11.1 Å². The Morgan fingerprint density at radius 3 is 2.44 bits per heavy atom. The van der Waals surface area contributed by atoms with E-state index in [0.717, 1.165) is 5.75 Å². The van der Waals surface area contributed by atoms with E-state index in [1.807, 2.05) is 39.5 Å². The number of hydrogen-bond acceptors (Lipinski definition) is 7. The Balaban J connectivity index is 2.83. The number of hydrogen-bond donors (Lipinski definition) is 2. The molecule has 1 fully saturated rings. The van der Waals surface area contributed by atoms with Gasteiger partial charge in [0, 0.05) is 42.4 Å². The lowest BCUT2D eigenvalue weighted by Crippen LogP contribution is -2.58. The summed E-state index contributed by atoms with van der Waals surface area (Å²) in [6, 6.07) is -0.134. The molecular formula is C16H33N3O4S2. The SMILES string of the molecule is CC(C)(CC(CN)N1CCSCC1S(C)(=O)=O)NC(=O)OC(C)(C)C. The topological polar surface area (TPSA) is 102 Å². The van der Waals surface area contributed by atoms with Crippen LogP contribution in [0.3, 0.4) is 0 Å². The van der Waals surface area contributed by atoms with E-state index in [1.54, 1.807) is 11.8 Å². The van der Waals surface area contributed by atoms with Crippen LogP contribution in [0.4, 0.5) is 4.79 Å². The molecule has 0 bridgehead atoms. The summed E-state index contributed by atoms with van der Waals surface area (Å²) in [5.74, 6) is 1.43. The number of carbonyl (C=O) groups excluding carboxylic acids is 1. The molecule has 1 amide bonds. The molecule has 1 aliphatic rings. The molecule has 7 nitrogen and oxygen atoms in total. The van der Waals surface area contributed by atoms with E-state index in [-0.39, 0.29) is 6.04 Å². The van der Waals surface area contributed by atoms with Gasteiger partial charge in [-0.05, 0) is 41.0 Å². The molecule has 0 radical (unpaired) electrons. The zero-order valence-electron chi connectivity index (χ0n) is 16.2. The molecule has 3 N–H and O–H groups in total. The van der Waals surface area contributed by atoms with Crippen molar-refractivity contribution in [3.8, 4) is 0 Å². The third-order valence-corrected chi connectivity index (χ3v) is 6.60. The quantitative estimate of drug-likeness (QED) is 0.701. The first-order valence-electron chi connectivity index (χ1n) is 8.49. The zero-order valence-corrected chi connectivity index (χ0v) is 17.8. The Morgan fingerprint density at radius 1 is 1.36 bits per heavy atom. The molecule has 0 aromatic heterocycles. The molecule has 148 valence electrons.